The Kier molecular flexibility index (Phi) is 6.06. The summed E-state index contributed by atoms with van der Waals surface area (Å²) in [5, 5.41) is 4.86. The van der Waals surface area contributed by atoms with Gasteiger partial charge in [-0.25, -0.2) is 13.4 Å². The monoisotopic (exact) mass is 457 g/mol. The van der Waals surface area contributed by atoms with Crippen LogP contribution in [0.25, 0.3) is 21.8 Å². The van der Waals surface area contributed by atoms with Gasteiger partial charge in [0.05, 0.1) is 41.5 Å². The number of nitrogens with zero attached hydrogens (tertiary/aromatic N) is 2. The van der Waals surface area contributed by atoms with E-state index in [4.69, 9.17) is 4.74 Å². The average molecular weight is 458 g/mol. The second-order valence-electron chi connectivity index (χ2n) is 7.68. The van der Waals surface area contributed by atoms with E-state index in [9.17, 15) is 13.2 Å². The van der Waals surface area contributed by atoms with Gasteiger partial charge in [0.25, 0.3) is 0 Å². The van der Waals surface area contributed by atoms with Gasteiger partial charge in [0.1, 0.15) is 10.6 Å². The number of anilines is 1. The number of ether oxygens (including phenoxy) is 1. The van der Waals surface area contributed by atoms with Gasteiger partial charge in [0.15, 0.2) is 9.84 Å². The second kappa shape index (κ2) is 8.76. The number of hydrogen-bond donors (Lipinski definition) is 1. The molecular formula is C22H23N3O4S2. The molecule has 1 saturated carbocycles. The molecule has 0 atom stereocenters. The van der Waals surface area contributed by atoms with Gasteiger partial charge in [0, 0.05) is 23.6 Å². The Hall–Kier alpha value is -2.78. The average Bonchev–Trinajstić information content (AvgIpc) is 3.18. The maximum Gasteiger partial charge on any atom is 0.224 e. The van der Waals surface area contributed by atoms with E-state index in [1.165, 1.54) is 30.9 Å². The molecule has 1 amide bonds. The highest BCUT2D eigenvalue weighted by atomic mass is 32.2. The fourth-order valence-corrected chi connectivity index (χ4v) is 5.08. The first-order valence-corrected chi connectivity index (χ1v) is 12.7. The van der Waals surface area contributed by atoms with Crippen molar-refractivity contribution in [3.05, 3.63) is 42.0 Å². The summed E-state index contributed by atoms with van der Waals surface area (Å²) in [7, 11) is -1.97. The first-order chi connectivity index (χ1) is 14.8. The lowest BCUT2D eigenvalue weighted by molar-refractivity contribution is -0.117. The number of thiophene rings is 1. The molecule has 1 aliphatic rings. The van der Waals surface area contributed by atoms with Crippen LogP contribution in [0.2, 0.25) is 0 Å². The molecule has 0 aliphatic heterocycles. The molecule has 162 valence electrons. The number of carbonyl (C=O) groups excluding carboxylic acids is 1. The van der Waals surface area contributed by atoms with Crippen LogP contribution in [-0.4, -0.2) is 37.7 Å². The van der Waals surface area contributed by atoms with Crippen molar-refractivity contribution in [1.29, 1.82) is 0 Å². The molecule has 3 aromatic rings. The van der Waals surface area contributed by atoms with Crippen LogP contribution in [0.15, 0.2) is 46.9 Å². The van der Waals surface area contributed by atoms with Crippen LogP contribution in [0.3, 0.4) is 0 Å². The van der Waals surface area contributed by atoms with E-state index in [-0.39, 0.29) is 16.6 Å². The van der Waals surface area contributed by atoms with Crippen molar-refractivity contribution >= 4 is 32.8 Å². The molecule has 0 saturated heterocycles. The summed E-state index contributed by atoms with van der Waals surface area (Å²) in [4.78, 5) is 22.1. The largest absolute Gasteiger partial charge is 0.495 e. The number of nitrogens with one attached hydrogen (secondary N) is 1. The molecule has 0 bridgehead atoms. The summed E-state index contributed by atoms with van der Waals surface area (Å²) < 4.78 is 29.1. The lowest BCUT2D eigenvalue weighted by Crippen LogP contribution is -2.20. The first kappa shape index (κ1) is 21.5. The number of aromatic nitrogens is 2. The smallest absolute Gasteiger partial charge is 0.224 e. The van der Waals surface area contributed by atoms with Crippen molar-refractivity contribution in [2.75, 3.05) is 18.7 Å². The number of methoxy groups -OCH3 is 1. The molecule has 2 aromatic heterocycles. The maximum atomic E-state index is 12.2. The first-order valence-electron chi connectivity index (χ1n) is 9.93. The lowest BCUT2D eigenvalue weighted by atomic mass is 9.83. The molecule has 0 spiro atoms. The quantitative estimate of drug-likeness (QED) is 0.564. The Morgan fingerprint density at radius 1 is 1.23 bits per heavy atom. The number of rotatable bonds is 7. The van der Waals surface area contributed by atoms with Gasteiger partial charge in [-0.1, -0.05) is 12.5 Å². The number of benzene rings is 1. The van der Waals surface area contributed by atoms with Crippen molar-refractivity contribution < 1.29 is 17.9 Å². The van der Waals surface area contributed by atoms with Gasteiger partial charge in [-0.05, 0) is 37.0 Å². The number of hydrogen-bond acceptors (Lipinski definition) is 7. The van der Waals surface area contributed by atoms with E-state index >= 15 is 0 Å². The predicted molar refractivity (Wildman–Crippen MR) is 121 cm³/mol. The Balaban J connectivity index is 1.55. The van der Waals surface area contributed by atoms with Crippen LogP contribution >= 0.6 is 11.3 Å². The van der Waals surface area contributed by atoms with Gasteiger partial charge in [0.2, 0.25) is 5.91 Å². The Labute approximate surface area is 185 Å². The molecule has 4 rings (SSSR count). The van der Waals surface area contributed by atoms with Gasteiger partial charge in [-0.2, -0.15) is 0 Å². The Bertz CT molecular complexity index is 1220. The third kappa shape index (κ3) is 4.94. The van der Waals surface area contributed by atoms with Crippen LogP contribution < -0.4 is 10.1 Å². The van der Waals surface area contributed by atoms with E-state index in [1.807, 2.05) is 11.4 Å². The molecule has 9 heteroatoms. The van der Waals surface area contributed by atoms with Crippen molar-refractivity contribution in [2.45, 2.75) is 30.6 Å². The van der Waals surface area contributed by atoms with Gasteiger partial charge >= 0.3 is 0 Å². The third-order valence-electron chi connectivity index (χ3n) is 5.33. The van der Waals surface area contributed by atoms with E-state index in [1.54, 1.807) is 24.5 Å². The Morgan fingerprint density at radius 3 is 2.68 bits per heavy atom. The molecule has 1 aliphatic carbocycles. The van der Waals surface area contributed by atoms with Crippen molar-refractivity contribution in [2.24, 2.45) is 5.92 Å². The predicted octanol–water partition coefficient (Wildman–Crippen LogP) is 4.41. The highest BCUT2D eigenvalue weighted by Gasteiger charge is 2.21. The highest BCUT2D eigenvalue weighted by molar-refractivity contribution is 7.90. The van der Waals surface area contributed by atoms with Gasteiger partial charge < -0.3 is 10.1 Å². The fourth-order valence-electron chi connectivity index (χ4n) is 3.46. The van der Waals surface area contributed by atoms with Gasteiger partial charge in [-0.15, -0.1) is 11.3 Å². The zero-order chi connectivity index (χ0) is 22.0. The summed E-state index contributed by atoms with van der Waals surface area (Å²) in [6.07, 6.45) is 8.50. The molecule has 1 aromatic carbocycles. The van der Waals surface area contributed by atoms with Crippen LogP contribution in [0.5, 0.6) is 5.75 Å². The van der Waals surface area contributed by atoms with E-state index in [2.05, 4.69) is 15.3 Å². The van der Waals surface area contributed by atoms with Crippen LogP contribution in [0, 0.1) is 5.92 Å². The molecular weight excluding hydrogens is 434 g/mol. The summed E-state index contributed by atoms with van der Waals surface area (Å²) in [6.45, 7) is 0. The highest BCUT2D eigenvalue weighted by Crippen LogP contribution is 2.33. The third-order valence-corrected chi connectivity index (χ3v) is 7.42. The summed E-state index contributed by atoms with van der Waals surface area (Å²) in [5.74, 6) is 0.832. The number of carbonyl (C=O) groups is 1. The van der Waals surface area contributed by atoms with E-state index in [0.717, 1.165) is 29.7 Å². The zero-order valence-corrected chi connectivity index (χ0v) is 18.9. The number of sulfone groups is 1. The van der Waals surface area contributed by atoms with Crippen molar-refractivity contribution in [3.63, 3.8) is 0 Å². The van der Waals surface area contributed by atoms with Crippen LogP contribution in [0.1, 0.15) is 25.7 Å². The van der Waals surface area contributed by atoms with E-state index < -0.39 is 9.84 Å². The molecule has 1 N–H and O–H groups in total. The molecule has 7 nitrogen and oxygen atoms in total. The summed E-state index contributed by atoms with van der Waals surface area (Å²) in [5.41, 5.74) is 2.73. The van der Waals surface area contributed by atoms with E-state index in [0.29, 0.717) is 29.3 Å². The fraction of sp³-hybridized carbons (Fsp3) is 0.318. The SMILES string of the molecule is COc1cc(-c2cncc(-c3cc(NC(=O)CC4CCC4)cs3)n2)ccc1S(C)(=O)=O. The minimum atomic E-state index is -3.40. The lowest BCUT2D eigenvalue weighted by Gasteiger charge is -2.24. The second-order valence-corrected chi connectivity index (χ2v) is 10.6. The molecule has 2 heterocycles. The summed E-state index contributed by atoms with van der Waals surface area (Å²) in [6, 6.07) is 6.74. The molecule has 1 fully saturated rings. The van der Waals surface area contributed by atoms with Crippen molar-refractivity contribution in [1.82, 2.24) is 9.97 Å². The minimum absolute atomic E-state index is 0.0481. The van der Waals surface area contributed by atoms with Crippen LogP contribution in [-0.2, 0) is 14.6 Å². The normalized spacial score (nSPS) is 14.1. The molecule has 31 heavy (non-hydrogen) atoms. The topological polar surface area (TPSA) is 98.2 Å². The van der Waals surface area contributed by atoms with Crippen LogP contribution in [0.4, 0.5) is 5.69 Å². The number of amides is 1. The standard InChI is InChI=1S/C22H23N3O4S2/c1-29-19-9-15(6-7-21(19)31(2,27)28)17-11-23-12-18(25-17)20-10-16(13-30-20)24-22(26)8-14-4-3-5-14/h6-7,9-14H,3-5,8H2,1-2H3,(H,24,26). The maximum absolute atomic E-state index is 12.2. The summed E-state index contributed by atoms with van der Waals surface area (Å²) >= 11 is 1.48. The van der Waals surface area contributed by atoms with Gasteiger partial charge in [-0.3, -0.25) is 9.78 Å². The minimum Gasteiger partial charge on any atom is -0.495 e. The molecule has 0 unspecified atom stereocenters. The Morgan fingerprint density at radius 2 is 2.00 bits per heavy atom. The zero-order valence-electron chi connectivity index (χ0n) is 17.3. The molecule has 0 radical (unpaired) electrons. The van der Waals surface area contributed by atoms with Crippen molar-refractivity contribution in [3.8, 4) is 27.6 Å².